The average molecular weight is 196 g/mol. The predicted molar refractivity (Wildman–Crippen MR) is 52.8 cm³/mol. The van der Waals surface area contributed by atoms with Gasteiger partial charge in [0, 0.05) is 13.1 Å². The quantitative estimate of drug-likeness (QED) is 0.683. The topological polar surface area (TPSA) is 72.9 Å². The van der Waals surface area contributed by atoms with Crippen LogP contribution in [0.3, 0.4) is 0 Å². The molecule has 6 nitrogen and oxygen atoms in total. The van der Waals surface area contributed by atoms with Gasteiger partial charge in [-0.3, -0.25) is 0 Å². The second-order valence-electron chi connectivity index (χ2n) is 4.27. The molecule has 0 saturated carbocycles. The summed E-state index contributed by atoms with van der Waals surface area (Å²) >= 11 is 0. The number of rotatable bonds is 2. The molecule has 1 aliphatic heterocycles. The normalized spacial score (nSPS) is 27.2. The van der Waals surface area contributed by atoms with E-state index in [0.717, 1.165) is 19.5 Å². The van der Waals surface area contributed by atoms with E-state index in [0.29, 0.717) is 12.5 Å². The molecule has 1 saturated heterocycles. The number of nitrogens with zero attached hydrogens (tertiary/aromatic N) is 5. The van der Waals surface area contributed by atoms with Crippen molar-refractivity contribution in [3.63, 3.8) is 0 Å². The monoisotopic (exact) mass is 196 g/mol. The first-order chi connectivity index (χ1) is 6.63. The van der Waals surface area contributed by atoms with Crippen molar-refractivity contribution in [2.24, 2.45) is 18.2 Å². The SMILES string of the molecule is Cn1nnc(N2CCC(C)(CN)C2)n1. The van der Waals surface area contributed by atoms with Crippen LogP contribution in [0.1, 0.15) is 13.3 Å². The first kappa shape index (κ1) is 9.39. The molecule has 1 unspecified atom stereocenters. The van der Waals surface area contributed by atoms with E-state index in [1.807, 2.05) is 0 Å². The zero-order valence-electron chi connectivity index (χ0n) is 8.64. The Morgan fingerprint density at radius 1 is 1.57 bits per heavy atom. The van der Waals surface area contributed by atoms with Crippen molar-refractivity contribution in [1.82, 2.24) is 20.2 Å². The lowest BCUT2D eigenvalue weighted by molar-refractivity contribution is 0.383. The van der Waals surface area contributed by atoms with E-state index in [4.69, 9.17) is 5.73 Å². The first-order valence-electron chi connectivity index (χ1n) is 4.82. The van der Waals surface area contributed by atoms with Crippen LogP contribution in [0, 0.1) is 5.41 Å². The van der Waals surface area contributed by atoms with Crippen molar-refractivity contribution in [3.8, 4) is 0 Å². The highest BCUT2D eigenvalue weighted by molar-refractivity contribution is 5.29. The third-order valence-electron chi connectivity index (χ3n) is 2.83. The fourth-order valence-electron chi connectivity index (χ4n) is 1.76. The summed E-state index contributed by atoms with van der Waals surface area (Å²) in [4.78, 5) is 3.62. The minimum absolute atomic E-state index is 0.208. The number of tetrazole rings is 1. The molecular weight excluding hydrogens is 180 g/mol. The lowest BCUT2D eigenvalue weighted by Crippen LogP contribution is -2.31. The maximum Gasteiger partial charge on any atom is 0.266 e. The third-order valence-corrected chi connectivity index (χ3v) is 2.83. The van der Waals surface area contributed by atoms with Crippen LogP contribution in [0.5, 0.6) is 0 Å². The Kier molecular flexibility index (Phi) is 2.14. The van der Waals surface area contributed by atoms with Crippen LogP contribution in [0.2, 0.25) is 0 Å². The minimum Gasteiger partial charge on any atom is -0.338 e. The van der Waals surface area contributed by atoms with E-state index in [9.17, 15) is 0 Å². The summed E-state index contributed by atoms with van der Waals surface area (Å²) in [6.07, 6.45) is 1.10. The smallest absolute Gasteiger partial charge is 0.266 e. The summed E-state index contributed by atoms with van der Waals surface area (Å²) in [6.45, 7) is 4.81. The van der Waals surface area contributed by atoms with Crippen molar-refractivity contribution < 1.29 is 0 Å². The summed E-state index contributed by atoms with van der Waals surface area (Å²) in [5.74, 6) is 0.713. The van der Waals surface area contributed by atoms with Gasteiger partial charge in [-0.2, -0.15) is 4.80 Å². The summed E-state index contributed by atoms with van der Waals surface area (Å²) < 4.78 is 0. The van der Waals surface area contributed by atoms with Gasteiger partial charge in [-0.05, 0) is 23.6 Å². The fraction of sp³-hybridized carbons (Fsp3) is 0.875. The van der Waals surface area contributed by atoms with Gasteiger partial charge in [0.1, 0.15) is 0 Å². The molecule has 0 bridgehead atoms. The molecular formula is C8H16N6. The van der Waals surface area contributed by atoms with Crippen LogP contribution in [0.4, 0.5) is 5.95 Å². The molecule has 2 heterocycles. The van der Waals surface area contributed by atoms with Gasteiger partial charge in [0.25, 0.3) is 5.95 Å². The third kappa shape index (κ3) is 1.57. The van der Waals surface area contributed by atoms with Crippen molar-refractivity contribution in [3.05, 3.63) is 0 Å². The fourth-order valence-corrected chi connectivity index (χ4v) is 1.76. The van der Waals surface area contributed by atoms with Crippen molar-refractivity contribution in [2.75, 3.05) is 24.5 Å². The number of anilines is 1. The second-order valence-corrected chi connectivity index (χ2v) is 4.27. The van der Waals surface area contributed by atoms with Crippen LogP contribution >= 0.6 is 0 Å². The largest absolute Gasteiger partial charge is 0.338 e. The molecule has 0 spiro atoms. The zero-order valence-corrected chi connectivity index (χ0v) is 8.64. The summed E-state index contributed by atoms with van der Waals surface area (Å²) in [7, 11) is 1.77. The summed E-state index contributed by atoms with van der Waals surface area (Å²) in [5.41, 5.74) is 5.93. The van der Waals surface area contributed by atoms with Gasteiger partial charge in [0.05, 0.1) is 7.05 Å². The Bertz CT molecular complexity index is 321. The Hall–Kier alpha value is -1.17. The van der Waals surface area contributed by atoms with Gasteiger partial charge in [-0.25, -0.2) is 0 Å². The van der Waals surface area contributed by atoms with Gasteiger partial charge in [-0.1, -0.05) is 12.0 Å². The summed E-state index contributed by atoms with van der Waals surface area (Å²) in [5, 5.41) is 12.0. The maximum absolute atomic E-state index is 5.73. The number of hydrogen-bond acceptors (Lipinski definition) is 5. The number of nitrogens with two attached hydrogens (primary N) is 1. The van der Waals surface area contributed by atoms with Gasteiger partial charge in [-0.15, -0.1) is 5.10 Å². The molecule has 1 atom stereocenters. The van der Waals surface area contributed by atoms with E-state index in [1.165, 1.54) is 4.80 Å². The van der Waals surface area contributed by atoms with Crippen LogP contribution in [0.15, 0.2) is 0 Å². The second kappa shape index (κ2) is 3.20. The number of aryl methyl sites for hydroxylation is 1. The molecule has 0 radical (unpaired) electrons. The standard InChI is InChI=1S/C8H16N6/c1-8(5-9)3-4-14(6-8)7-10-12-13(2)11-7/h3-6,9H2,1-2H3. The number of aromatic nitrogens is 4. The Morgan fingerprint density at radius 3 is 2.86 bits per heavy atom. The molecule has 6 heteroatoms. The lowest BCUT2D eigenvalue weighted by Gasteiger charge is -2.21. The van der Waals surface area contributed by atoms with Gasteiger partial charge in [0.2, 0.25) is 0 Å². The van der Waals surface area contributed by atoms with Gasteiger partial charge >= 0.3 is 0 Å². The van der Waals surface area contributed by atoms with E-state index < -0.39 is 0 Å². The van der Waals surface area contributed by atoms with E-state index in [-0.39, 0.29) is 5.41 Å². The maximum atomic E-state index is 5.73. The number of hydrogen-bond donors (Lipinski definition) is 1. The highest BCUT2D eigenvalue weighted by Crippen LogP contribution is 2.30. The molecule has 2 rings (SSSR count). The molecule has 0 aromatic carbocycles. The Morgan fingerprint density at radius 2 is 2.36 bits per heavy atom. The molecule has 1 fully saturated rings. The van der Waals surface area contributed by atoms with Gasteiger partial charge in [0.15, 0.2) is 0 Å². The molecule has 1 aromatic rings. The van der Waals surface area contributed by atoms with Gasteiger partial charge < -0.3 is 10.6 Å². The van der Waals surface area contributed by atoms with Crippen LogP contribution in [-0.2, 0) is 7.05 Å². The lowest BCUT2D eigenvalue weighted by atomic mass is 9.90. The highest BCUT2D eigenvalue weighted by atomic mass is 15.6. The van der Waals surface area contributed by atoms with Crippen LogP contribution in [0.25, 0.3) is 0 Å². The Balaban J connectivity index is 2.09. The van der Waals surface area contributed by atoms with E-state index in [2.05, 4.69) is 27.2 Å². The molecule has 14 heavy (non-hydrogen) atoms. The summed E-state index contributed by atoms with van der Waals surface area (Å²) in [6, 6.07) is 0. The Labute approximate surface area is 83.1 Å². The molecule has 78 valence electrons. The zero-order chi connectivity index (χ0) is 10.2. The average Bonchev–Trinajstić information content (AvgIpc) is 2.73. The van der Waals surface area contributed by atoms with E-state index >= 15 is 0 Å². The highest BCUT2D eigenvalue weighted by Gasteiger charge is 2.34. The molecule has 1 aliphatic rings. The predicted octanol–water partition coefficient (Wildman–Crippen LogP) is -0.615. The molecule has 1 aromatic heterocycles. The minimum atomic E-state index is 0.208. The molecule has 0 amide bonds. The van der Waals surface area contributed by atoms with Crippen LogP contribution in [-0.4, -0.2) is 39.8 Å². The first-order valence-corrected chi connectivity index (χ1v) is 4.82. The van der Waals surface area contributed by atoms with Crippen molar-refractivity contribution >= 4 is 5.95 Å². The van der Waals surface area contributed by atoms with Crippen molar-refractivity contribution in [2.45, 2.75) is 13.3 Å². The van der Waals surface area contributed by atoms with Crippen LogP contribution < -0.4 is 10.6 Å². The van der Waals surface area contributed by atoms with E-state index in [1.54, 1.807) is 7.05 Å². The van der Waals surface area contributed by atoms with Crippen molar-refractivity contribution in [1.29, 1.82) is 0 Å². The molecule has 0 aliphatic carbocycles. The molecule has 2 N–H and O–H groups in total.